The summed E-state index contributed by atoms with van der Waals surface area (Å²) in [6.45, 7) is 0.883. The fourth-order valence-corrected chi connectivity index (χ4v) is 0.698. The van der Waals surface area contributed by atoms with Crippen LogP contribution in [-0.2, 0) is 4.79 Å². The largest absolute Gasteiger partial charge is 1.00 e. The summed E-state index contributed by atoms with van der Waals surface area (Å²) in [5, 5.41) is 9.97. The number of hydrogen-bond donors (Lipinski definition) is 0. The Morgan fingerprint density at radius 3 is 2.09 bits per heavy atom. The molecule has 0 atom stereocenters. The minimum atomic E-state index is -0.951. The number of rotatable bonds is 4. The first kappa shape index (κ1) is 13.3. The van der Waals surface area contributed by atoms with Crippen molar-refractivity contribution in [3.05, 3.63) is 0 Å². The SMILES string of the molecule is C[N+](C)(C)CCCC(=O)[O-].[Cl-]. The van der Waals surface area contributed by atoms with Gasteiger partial charge in [0.25, 0.3) is 0 Å². The molecule has 0 aliphatic rings. The van der Waals surface area contributed by atoms with Gasteiger partial charge in [-0.05, 0) is 6.42 Å². The number of carboxylic acids is 1. The second kappa shape index (κ2) is 5.38. The van der Waals surface area contributed by atoms with Gasteiger partial charge in [-0.15, -0.1) is 0 Å². The van der Waals surface area contributed by atoms with Gasteiger partial charge in [-0.1, -0.05) is 0 Å². The Hall–Kier alpha value is -0.280. The molecule has 11 heavy (non-hydrogen) atoms. The van der Waals surface area contributed by atoms with Gasteiger partial charge in [0.05, 0.1) is 27.7 Å². The van der Waals surface area contributed by atoms with E-state index in [1.165, 1.54) is 0 Å². The molecule has 0 spiro atoms. The molecule has 0 aromatic rings. The molecule has 0 rings (SSSR count). The smallest absolute Gasteiger partial charge is 0.0784 e. The maximum atomic E-state index is 9.97. The molecular formula is C7H15ClNO2-. The Labute approximate surface area is 74.0 Å². The number of carbonyl (C=O) groups excluding carboxylic acids is 1. The van der Waals surface area contributed by atoms with Crippen molar-refractivity contribution in [3.63, 3.8) is 0 Å². The molecule has 0 amide bonds. The number of aliphatic carboxylic acids is 1. The zero-order chi connectivity index (χ0) is 8.20. The van der Waals surface area contributed by atoms with Crippen LogP contribution in [0.25, 0.3) is 0 Å². The number of nitrogens with zero attached hydrogens (tertiary/aromatic N) is 1. The molecule has 68 valence electrons. The highest BCUT2D eigenvalue weighted by Gasteiger charge is 2.04. The average Bonchev–Trinajstić information content (AvgIpc) is 1.59. The highest BCUT2D eigenvalue weighted by molar-refractivity contribution is 5.64. The third-order valence-corrected chi connectivity index (χ3v) is 1.21. The van der Waals surface area contributed by atoms with Crippen molar-refractivity contribution < 1.29 is 26.8 Å². The van der Waals surface area contributed by atoms with E-state index in [0.717, 1.165) is 11.0 Å². The third-order valence-electron chi connectivity index (χ3n) is 1.21. The summed E-state index contributed by atoms with van der Waals surface area (Å²) < 4.78 is 0.813. The highest BCUT2D eigenvalue weighted by Crippen LogP contribution is 1.95. The molecule has 0 bridgehead atoms. The molecule has 0 aromatic heterocycles. The fourth-order valence-electron chi connectivity index (χ4n) is 0.698. The lowest BCUT2D eigenvalue weighted by Crippen LogP contribution is -3.00. The van der Waals surface area contributed by atoms with Crippen LogP contribution < -0.4 is 17.5 Å². The van der Waals surface area contributed by atoms with Crippen molar-refractivity contribution in [2.45, 2.75) is 12.8 Å². The minimum absolute atomic E-state index is 0. The lowest BCUT2D eigenvalue weighted by Gasteiger charge is -2.23. The molecular weight excluding hydrogens is 166 g/mol. The normalized spacial score (nSPS) is 10.5. The van der Waals surface area contributed by atoms with Crippen molar-refractivity contribution in [1.82, 2.24) is 0 Å². The van der Waals surface area contributed by atoms with E-state index in [2.05, 4.69) is 0 Å². The van der Waals surface area contributed by atoms with Gasteiger partial charge in [0, 0.05) is 12.4 Å². The van der Waals surface area contributed by atoms with E-state index in [4.69, 9.17) is 0 Å². The monoisotopic (exact) mass is 180 g/mol. The van der Waals surface area contributed by atoms with E-state index in [9.17, 15) is 9.90 Å². The number of quaternary nitrogens is 1. The van der Waals surface area contributed by atoms with E-state index in [1.807, 2.05) is 21.1 Å². The van der Waals surface area contributed by atoms with Gasteiger partial charge in [0.15, 0.2) is 0 Å². The molecule has 0 heterocycles. The average molecular weight is 181 g/mol. The summed E-state index contributed by atoms with van der Waals surface area (Å²) in [6.07, 6.45) is 0.876. The van der Waals surface area contributed by atoms with Crippen molar-refractivity contribution >= 4 is 5.97 Å². The lowest BCUT2D eigenvalue weighted by atomic mass is 10.3. The maximum Gasteiger partial charge on any atom is 0.0784 e. The Kier molecular flexibility index (Phi) is 6.52. The number of halogens is 1. The van der Waals surface area contributed by atoms with Crippen molar-refractivity contribution in [2.24, 2.45) is 0 Å². The predicted molar refractivity (Wildman–Crippen MR) is 37.1 cm³/mol. The van der Waals surface area contributed by atoms with Crippen LogP contribution in [0, 0.1) is 0 Å². The Bertz CT molecular complexity index is 120. The molecule has 0 N–H and O–H groups in total. The van der Waals surface area contributed by atoms with Crippen LogP contribution in [-0.4, -0.2) is 38.1 Å². The van der Waals surface area contributed by atoms with Crippen LogP contribution in [0.5, 0.6) is 0 Å². The second-order valence-electron chi connectivity index (χ2n) is 3.49. The van der Waals surface area contributed by atoms with Gasteiger partial charge in [-0.3, -0.25) is 0 Å². The van der Waals surface area contributed by atoms with Crippen molar-refractivity contribution in [2.75, 3.05) is 27.7 Å². The first-order chi connectivity index (χ1) is 4.42. The van der Waals surface area contributed by atoms with Gasteiger partial charge >= 0.3 is 0 Å². The van der Waals surface area contributed by atoms with Gasteiger partial charge in [-0.25, -0.2) is 0 Å². The minimum Gasteiger partial charge on any atom is -1.00 e. The number of carboxylic acid groups (broad SMARTS) is 1. The standard InChI is InChI=1S/C7H15NO2.ClH/c1-8(2,3)6-4-5-7(9)10;/h4-6H2,1-3H3;1H/p-1. The van der Waals surface area contributed by atoms with E-state index < -0.39 is 5.97 Å². The fraction of sp³-hybridized carbons (Fsp3) is 0.857. The molecule has 0 saturated carbocycles. The van der Waals surface area contributed by atoms with Crippen LogP contribution in [0.15, 0.2) is 0 Å². The Balaban J connectivity index is 0. The lowest BCUT2D eigenvalue weighted by molar-refractivity contribution is -0.870. The van der Waals surface area contributed by atoms with Crippen molar-refractivity contribution in [1.29, 1.82) is 0 Å². The van der Waals surface area contributed by atoms with Crippen LogP contribution in [0.4, 0.5) is 0 Å². The third kappa shape index (κ3) is 12.8. The molecule has 4 heteroatoms. The molecule has 0 fully saturated rings. The van der Waals surface area contributed by atoms with Crippen LogP contribution in [0.2, 0.25) is 0 Å². The molecule has 0 saturated heterocycles. The van der Waals surface area contributed by atoms with Gasteiger partial charge < -0.3 is 26.8 Å². The van der Waals surface area contributed by atoms with Crippen molar-refractivity contribution in [3.8, 4) is 0 Å². The second-order valence-corrected chi connectivity index (χ2v) is 3.49. The maximum absolute atomic E-state index is 9.97. The van der Waals surface area contributed by atoms with Crippen LogP contribution in [0.3, 0.4) is 0 Å². The number of hydrogen-bond acceptors (Lipinski definition) is 2. The Morgan fingerprint density at radius 2 is 1.82 bits per heavy atom. The topological polar surface area (TPSA) is 40.1 Å². The van der Waals surface area contributed by atoms with E-state index in [1.54, 1.807) is 0 Å². The molecule has 0 radical (unpaired) electrons. The van der Waals surface area contributed by atoms with Gasteiger partial charge in [0.2, 0.25) is 0 Å². The van der Waals surface area contributed by atoms with E-state index in [0.29, 0.717) is 6.42 Å². The van der Waals surface area contributed by atoms with Crippen LogP contribution >= 0.6 is 0 Å². The summed E-state index contributed by atoms with van der Waals surface area (Å²) in [6, 6.07) is 0. The summed E-state index contributed by atoms with van der Waals surface area (Å²) in [5.41, 5.74) is 0. The Morgan fingerprint density at radius 1 is 1.36 bits per heavy atom. The molecule has 3 nitrogen and oxygen atoms in total. The predicted octanol–water partition coefficient (Wildman–Crippen LogP) is -3.77. The summed E-state index contributed by atoms with van der Waals surface area (Å²) in [4.78, 5) is 9.97. The zero-order valence-corrected chi connectivity index (χ0v) is 8.02. The first-order valence-corrected chi connectivity index (χ1v) is 3.42. The van der Waals surface area contributed by atoms with Gasteiger partial charge in [0.1, 0.15) is 0 Å². The first-order valence-electron chi connectivity index (χ1n) is 3.42. The zero-order valence-electron chi connectivity index (χ0n) is 7.26. The van der Waals surface area contributed by atoms with E-state index in [-0.39, 0.29) is 18.8 Å². The molecule has 0 aliphatic heterocycles. The van der Waals surface area contributed by atoms with E-state index >= 15 is 0 Å². The summed E-state index contributed by atoms with van der Waals surface area (Å²) in [7, 11) is 6.11. The molecule has 0 aliphatic carbocycles. The quantitative estimate of drug-likeness (QED) is 0.417. The highest BCUT2D eigenvalue weighted by atomic mass is 35.5. The van der Waals surface area contributed by atoms with Gasteiger partial charge in [-0.2, -0.15) is 0 Å². The molecule has 0 aromatic carbocycles. The summed E-state index contributed by atoms with van der Waals surface area (Å²) >= 11 is 0. The summed E-state index contributed by atoms with van der Waals surface area (Å²) in [5.74, 6) is -0.951. The molecule has 0 unspecified atom stereocenters. The van der Waals surface area contributed by atoms with Crippen LogP contribution in [0.1, 0.15) is 12.8 Å². The number of carbonyl (C=O) groups is 1.